The molecule has 2 aromatic carbocycles. The zero-order valence-electron chi connectivity index (χ0n) is 19.0. The van der Waals surface area contributed by atoms with Crippen LogP contribution in [0.15, 0.2) is 48.5 Å². The van der Waals surface area contributed by atoms with Crippen molar-refractivity contribution in [3.8, 4) is 11.5 Å². The van der Waals surface area contributed by atoms with E-state index in [1.54, 1.807) is 29.2 Å². The first kappa shape index (κ1) is 24.1. The Balaban J connectivity index is 1.50. The highest BCUT2D eigenvalue weighted by Gasteiger charge is 2.35. The average Bonchev–Trinajstić information content (AvgIpc) is 3.23. The summed E-state index contributed by atoms with van der Waals surface area (Å²) in [5.41, 5.74) is 3.15. The Morgan fingerprint density at radius 3 is 2.57 bits per heavy atom. The molecule has 1 unspecified atom stereocenters. The van der Waals surface area contributed by atoms with Gasteiger partial charge in [-0.05, 0) is 66.8 Å². The maximum absolute atomic E-state index is 13.4. The SMILES string of the molecule is O=C(Oc1ccc(Cl)cc1)N1CCc2c([nH]c3c2=CC(Cl)CC=3)[C@@H]1c1ccc(OCCCCl)cc1. The summed E-state index contributed by atoms with van der Waals surface area (Å²) in [6.07, 6.45) is 6.09. The van der Waals surface area contributed by atoms with Gasteiger partial charge in [0.15, 0.2) is 0 Å². The zero-order valence-corrected chi connectivity index (χ0v) is 21.2. The number of nitrogens with zero attached hydrogens (tertiary/aromatic N) is 1. The van der Waals surface area contributed by atoms with Gasteiger partial charge in [-0.1, -0.05) is 35.9 Å². The number of H-pyrrole nitrogens is 1. The molecule has 1 N–H and O–H groups in total. The molecule has 2 aliphatic rings. The van der Waals surface area contributed by atoms with Crippen LogP contribution < -0.4 is 20.0 Å². The fourth-order valence-corrected chi connectivity index (χ4v) is 5.09. The van der Waals surface area contributed by atoms with E-state index in [1.807, 2.05) is 24.3 Å². The monoisotopic (exact) mass is 530 g/mol. The Kier molecular flexibility index (Phi) is 7.28. The number of rotatable bonds is 6. The summed E-state index contributed by atoms with van der Waals surface area (Å²) in [6, 6.07) is 14.3. The molecule has 0 saturated carbocycles. The predicted molar refractivity (Wildman–Crippen MR) is 140 cm³/mol. The second kappa shape index (κ2) is 10.6. The molecule has 182 valence electrons. The van der Waals surface area contributed by atoms with E-state index in [0.717, 1.165) is 40.4 Å². The molecule has 8 heteroatoms. The van der Waals surface area contributed by atoms with Crippen molar-refractivity contribution in [2.45, 2.75) is 30.7 Å². The van der Waals surface area contributed by atoms with Gasteiger partial charge >= 0.3 is 6.09 Å². The Morgan fingerprint density at radius 2 is 1.83 bits per heavy atom. The van der Waals surface area contributed by atoms with Crippen molar-refractivity contribution in [1.29, 1.82) is 0 Å². The summed E-state index contributed by atoms with van der Waals surface area (Å²) in [7, 11) is 0. The van der Waals surface area contributed by atoms with Crippen LogP contribution in [0.5, 0.6) is 11.5 Å². The van der Waals surface area contributed by atoms with E-state index in [-0.39, 0.29) is 11.4 Å². The third-order valence-corrected chi connectivity index (χ3v) is 7.11. The van der Waals surface area contributed by atoms with E-state index in [4.69, 9.17) is 44.3 Å². The van der Waals surface area contributed by atoms with E-state index < -0.39 is 6.09 Å². The van der Waals surface area contributed by atoms with Gasteiger partial charge < -0.3 is 14.5 Å². The van der Waals surface area contributed by atoms with E-state index in [0.29, 0.717) is 36.2 Å². The summed E-state index contributed by atoms with van der Waals surface area (Å²) < 4.78 is 11.5. The van der Waals surface area contributed by atoms with Crippen LogP contribution in [-0.2, 0) is 6.42 Å². The van der Waals surface area contributed by atoms with Crippen molar-refractivity contribution in [2.24, 2.45) is 0 Å². The van der Waals surface area contributed by atoms with E-state index in [2.05, 4.69) is 17.1 Å². The Bertz CT molecular complexity index is 1320. The number of carbonyl (C=O) groups is 1. The highest BCUT2D eigenvalue weighted by molar-refractivity contribution is 6.30. The minimum absolute atomic E-state index is 0.0295. The first-order chi connectivity index (χ1) is 17.0. The second-order valence-electron chi connectivity index (χ2n) is 8.59. The van der Waals surface area contributed by atoms with Gasteiger partial charge in [0.25, 0.3) is 0 Å². The number of nitrogens with one attached hydrogen (secondary N) is 1. The van der Waals surface area contributed by atoms with Crippen LogP contribution in [0.25, 0.3) is 12.2 Å². The molecule has 0 saturated heterocycles. The second-order valence-corrected chi connectivity index (χ2v) is 9.97. The van der Waals surface area contributed by atoms with Crippen molar-refractivity contribution < 1.29 is 14.3 Å². The molecule has 2 atom stereocenters. The first-order valence-electron chi connectivity index (χ1n) is 11.6. The van der Waals surface area contributed by atoms with Crippen molar-refractivity contribution >= 4 is 53.0 Å². The zero-order chi connectivity index (χ0) is 24.4. The third kappa shape index (κ3) is 5.18. The van der Waals surface area contributed by atoms with Crippen LogP contribution in [0, 0.1) is 0 Å². The van der Waals surface area contributed by atoms with Gasteiger partial charge in [0.2, 0.25) is 0 Å². The van der Waals surface area contributed by atoms with Gasteiger partial charge in [-0.3, -0.25) is 4.90 Å². The Morgan fingerprint density at radius 1 is 1.09 bits per heavy atom. The molecule has 35 heavy (non-hydrogen) atoms. The van der Waals surface area contributed by atoms with Gasteiger partial charge in [0.05, 0.1) is 12.0 Å². The number of halogens is 3. The molecule has 1 aliphatic carbocycles. The number of alkyl halides is 2. The summed E-state index contributed by atoms with van der Waals surface area (Å²) in [6.45, 7) is 1.08. The van der Waals surface area contributed by atoms with E-state index in [9.17, 15) is 4.79 Å². The van der Waals surface area contributed by atoms with Crippen LogP contribution in [0.1, 0.15) is 35.7 Å². The number of carbonyl (C=O) groups excluding carboxylic acids is 1. The average molecular weight is 532 g/mol. The van der Waals surface area contributed by atoms with Crippen LogP contribution in [-0.4, -0.2) is 40.4 Å². The van der Waals surface area contributed by atoms with Crippen LogP contribution in [0.2, 0.25) is 5.02 Å². The number of ether oxygens (including phenoxy) is 2. The summed E-state index contributed by atoms with van der Waals surface area (Å²) in [5, 5.41) is 2.76. The highest BCUT2D eigenvalue weighted by atomic mass is 35.5. The fourth-order valence-electron chi connectivity index (χ4n) is 4.64. The molecular weight excluding hydrogens is 507 g/mol. The number of aromatic amines is 1. The number of aromatic nitrogens is 1. The fraction of sp³-hybridized carbons (Fsp3) is 0.296. The number of fused-ring (bicyclic) bond motifs is 3. The lowest BCUT2D eigenvalue weighted by molar-refractivity contribution is 0.135. The molecule has 2 heterocycles. The predicted octanol–water partition coefficient (Wildman–Crippen LogP) is 5.39. The number of hydrogen-bond donors (Lipinski definition) is 1. The third-order valence-electron chi connectivity index (χ3n) is 6.29. The topological polar surface area (TPSA) is 54.6 Å². The van der Waals surface area contributed by atoms with Gasteiger partial charge in [-0.15, -0.1) is 23.2 Å². The molecule has 5 nitrogen and oxygen atoms in total. The molecule has 1 aromatic heterocycles. The lowest BCUT2D eigenvalue weighted by Crippen LogP contribution is -2.43. The van der Waals surface area contributed by atoms with Gasteiger partial charge in [0.1, 0.15) is 17.5 Å². The van der Waals surface area contributed by atoms with E-state index >= 15 is 0 Å². The number of benzene rings is 2. The lowest BCUT2D eigenvalue weighted by atomic mass is 9.92. The van der Waals surface area contributed by atoms with Gasteiger partial charge in [0, 0.05) is 33.7 Å². The van der Waals surface area contributed by atoms with Gasteiger partial charge in [-0.2, -0.15) is 0 Å². The van der Waals surface area contributed by atoms with Crippen LogP contribution >= 0.6 is 34.8 Å². The first-order valence-corrected chi connectivity index (χ1v) is 13.0. The van der Waals surface area contributed by atoms with Gasteiger partial charge in [-0.25, -0.2) is 4.79 Å². The quantitative estimate of drug-likeness (QED) is 0.343. The lowest BCUT2D eigenvalue weighted by Gasteiger charge is -2.35. The number of amides is 1. The van der Waals surface area contributed by atoms with Crippen molar-refractivity contribution in [1.82, 2.24) is 9.88 Å². The van der Waals surface area contributed by atoms with Crippen LogP contribution in [0.4, 0.5) is 4.79 Å². The van der Waals surface area contributed by atoms with Crippen molar-refractivity contribution in [2.75, 3.05) is 19.0 Å². The minimum Gasteiger partial charge on any atom is -0.494 e. The summed E-state index contributed by atoms with van der Waals surface area (Å²) >= 11 is 18.2. The molecule has 0 fully saturated rings. The molecule has 0 radical (unpaired) electrons. The Labute approximate surface area is 218 Å². The molecule has 1 aliphatic heterocycles. The smallest absolute Gasteiger partial charge is 0.416 e. The minimum atomic E-state index is -0.416. The highest BCUT2D eigenvalue weighted by Crippen LogP contribution is 2.34. The summed E-state index contributed by atoms with van der Waals surface area (Å²) in [5.74, 6) is 1.77. The molecular formula is C27H25Cl3N2O3. The molecule has 1 amide bonds. The number of hydrogen-bond acceptors (Lipinski definition) is 3. The maximum atomic E-state index is 13.4. The standard InChI is InChI=1S/C27H25Cl3N2O3/c28-13-1-15-34-20-7-2-17(3-8-20)26-25-22(23-16-19(30)6-11-24(23)31-25)12-14-32(26)27(33)35-21-9-4-18(29)5-10-21/h2-5,7-11,16,19,26,31H,1,6,12-15H2/t19?,26-/m0/s1. The van der Waals surface area contributed by atoms with E-state index in [1.165, 1.54) is 5.56 Å². The largest absolute Gasteiger partial charge is 0.494 e. The molecule has 5 rings (SSSR count). The maximum Gasteiger partial charge on any atom is 0.416 e. The molecule has 3 aromatic rings. The van der Waals surface area contributed by atoms with Crippen molar-refractivity contribution in [3.05, 3.63) is 80.9 Å². The van der Waals surface area contributed by atoms with Crippen LogP contribution in [0.3, 0.4) is 0 Å². The van der Waals surface area contributed by atoms with Crippen molar-refractivity contribution in [3.63, 3.8) is 0 Å². The molecule has 0 bridgehead atoms. The normalized spacial score (nSPS) is 18.7. The Hall–Kier alpha value is -2.60. The molecule has 0 spiro atoms. The summed E-state index contributed by atoms with van der Waals surface area (Å²) in [4.78, 5) is 18.7.